The van der Waals surface area contributed by atoms with Crippen LogP contribution in [0.25, 0.3) is 0 Å². The minimum absolute atomic E-state index is 0.163. The number of likely N-dealkylation sites (tertiary alicyclic amines) is 1. The van der Waals surface area contributed by atoms with Crippen LogP contribution in [0.2, 0.25) is 0 Å². The molecule has 0 aromatic heterocycles. The third kappa shape index (κ3) is 4.12. The molecule has 2 fully saturated rings. The molecular formula is C16H30N2O. The van der Waals surface area contributed by atoms with Gasteiger partial charge in [0.25, 0.3) is 0 Å². The molecule has 2 amide bonds. The lowest BCUT2D eigenvalue weighted by Crippen LogP contribution is -2.52. The van der Waals surface area contributed by atoms with E-state index in [0.29, 0.717) is 12.1 Å². The predicted molar refractivity (Wildman–Crippen MR) is 79.2 cm³/mol. The summed E-state index contributed by atoms with van der Waals surface area (Å²) in [6.45, 7) is 5.21. The highest BCUT2D eigenvalue weighted by Crippen LogP contribution is 2.26. The van der Waals surface area contributed by atoms with Crippen LogP contribution >= 0.6 is 0 Å². The van der Waals surface area contributed by atoms with Crippen molar-refractivity contribution in [1.29, 1.82) is 0 Å². The molecule has 2 atom stereocenters. The van der Waals surface area contributed by atoms with E-state index in [2.05, 4.69) is 24.1 Å². The fourth-order valence-corrected chi connectivity index (χ4v) is 3.77. The molecule has 2 unspecified atom stereocenters. The highest BCUT2D eigenvalue weighted by molar-refractivity contribution is 5.74. The van der Waals surface area contributed by atoms with Gasteiger partial charge in [-0.1, -0.05) is 32.1 Å². The zero-order chi connectivity index (χ0) is 13.7. The van der Waals surface area contributed by atoms with E-state index in [1.54, 1.807) is 0 Å². The van der Waals surface area contributed by atoms with Crippen molar-refractivity contribution < 1.29 is 4.79 Å². The highest BCUT2D eigenvalue weighted by atomic mass is 16.2. The monoisotopic (exact) mass is 266 g/mol. The van der Waals surface area contributed by atoms with Crippen LogP contribution in [-0.4, -0.2) is 29.6 Å². The Kier molecular flexibility index (Phi) is 5.53. The molecule has 1 saturated heterocycles. The summed E-state index contributed by atoms with van der Waals surface area (Å²) in [6, 6.07) is 0.965. The number of hydrogen-bond acceptors (Lipinski definition) is 1. The molecule has 0 aromatic carbocycles. The van der Waals surface area contributed by atoms with E-state index >= 15 is 0 Å². The number of hydrogen-bond donors (Lipinski definition) is 1. The maximum Gasteiger partial charge on any atom is 0.317 e. The van der Waals surface area contributed by atoms with Gasteiger partial charge in [-0.25, -0.2) is 4.79 Å². The predicted octanol–water partition coefficient (Wildman–Crippen LogP) is 3.93. The largest absolute Gasteiger partial charge is 0.338 e. The fourth-order valence-electron chi connectivity index (χ4n) is 3.77. The Balaban J connectivity index is 1.70. The second-order valence-corrected chi connectivity index (χ2v) is 6.56. The van der Waals surface area contributed by atoms with E-state index in [4.69, 9.17) is 0 Å². The van der Waals surface area contributed by atoms with E-state index in [1.807, 2.05) is 0 Å². The van der Waals surface area contributed by atoms with Crippen molar-refractivity contribution in [1.82, 2.24) is 10.2 Å². The van der Waals surface area contributed by atoms with Gasteiger partial charge in [-0.3, -0.25) is 0 Å². The summed E-state index contributed by atoms with van der Waals surface area (Å²) >= 11 is 0. The van der Waals surface area contributed by atoms with Gasteiger partial charge in [0.1, 0.15) is 0 Å². The number of nitrogens with zero attached hydrogens (tertiary/aromatic N) is 1. The summed E-state index contributed by atoms with van der Waals surface area (Å²) in [5, 5.41) is 3.15. The number of nitrogens with one attached hydrogen (secondary N) is 1. The first kappa shape index (κ1) is 14.7. The molecule has 1 N–H and O–H groups in total. The number of carbonyl (C=O) groups is 1. The summed E-state index contributed by atoms with van der Waals surface area (Å²) < 4.78 is 0. The van der Waals surface area contributed by atoms with Gasteiger partial charge in [-0.15, -0.1) is 0 Å². The fraction of sp³-hybridized carbons (Fsp3) is 0.938. The van der Waals surface area contributed by atoms with Gasteiger partial charge < -0.3 is 10.2 Å². The molecule has 3 nitrogen and oxygen atoms in total. The maximum atomic E-state index is 12.3. The minimum Gasteiger partial charge on any atom is -0.338 e. The standard InChI is InChI=1S/C16H30N2O/c1-13-7-6-8-14(2)18(13)16(19)17-12-11-15-9-4-3-5-10-15/h13-15H,3-12H2,1-2H3,(H,17,19). The van der Waals surface area contributed by atoms with Crippen LogP contribution in [0.4, 0.5) is 4.79 Å². The van der Waals surface area contributed by atoms with Crippen LogP contribution in [0.1, 0.15) is 71.6 Å². The van der Waals surface area contributed by atoms with E-state index in [0.717, 1.165) is 25.3 Å². The molecule has 3 heteroatoms. The molecule has 19 heavy (non-hydrogen) atoms. The van der Waals surface area contributed by atoms with Crippen molar-refractivity contribution in [3.63, 3.8) is 0 Å². The SMILES string of the molecule is CC1CCCC(C)N1C(=O)NCCC1CCCCC1. The van der Waals surface area contributed by atoms with Crippen LogP contribution in [-0.2, 0) is 0 Å². The molecule has 1 saturated carbocycles. The minimum atomic E-state index is 0.163. The molecule has 2 rings (SSSR count). The third-order valence-electron chi connectivity index (χ3n) is 4.98. The third-order valence-corrected chi connectivity index (χ3v) is 4.98. The first-order valence-corrected chi connectivity index (χ1v) is 8.24. The van der Waals surface area contributed by atoms with Crippen LogP contribution in [0, 0.1) is 5.92 Å². The van der Waals surface area contributed by atoms with Gasteiger partial charge in [0.15, 0.2) is 0 Å². The molecular weight excluding hydrogens is 236 g/mol. The molecule has 2 aliphatic rings. The van der Waals surface area contributed by atoms with Crippen molar-refractivity contribution in [2.45, 2.75) is 83.7 Å². The van der Waals surface area contributed by atoms with Gasteiger partial charge in [0.2, 0.25) is 0 Å². The second-order valence-electron chi connectivity index (χ2n) is 6.56. The highest BCUT2D eigenvalue weighted by Gasteiger charge is 2.28. The van der Waals surface area contributed by atoms with Crippen molar-refractivity contribution in [2.24, 2.45) is 5.92 Å². The number of carbonyl (C=O) groups excluding carboxylic acids is 1. The summed E-state index contributed by atoms with van der Waals surface area (Å²) in [5.74, 6) is 0.852. The quantitative estimate of drug-likeness (QED) is 0.824. The Bertz CT molecular complexity index is 276. The number of amides is 2. The average molecular weight is 266 g/mol. The zero-order valence-electron chi connectivity index (χ0n) is 12.7. The Hall–Kier alpha value is -0.730. The maximum absolute atomic E-state index is 12.3. The molecule has 0 bridgehead atoms. The molecule has 1 aliphatic heterocycles. The lowest BCUT2D eigenvalue weighted by molar-refractivity contribution is 0.122. The lowest BCUT2D eigenvalue weighted by atomic mass is 9.87. The van der Waals surface area contributed by atoms with Gasteiger partial charge in [-0.05, 0) is 45.4 Å². The molecule has 0 aromatic rings. The summed E-state index contributed by atoms with van der Waals surface area (Å²) in [7, 11) is 0. The Morgan fingerprint density at radius 1 is 1.00 bits per heavy atom. The first-order chi connectivity index (χ1) is 9.18. The molecule has 1 heterocycles. The summed E-state index contributed by atoms with van der Waals surface area (Å²) in [4.78, 5) is 14.3. The van der Waals surface area contributed by atoms with Gasteiger partial charge in [0, 0.05) is 18.6 Å². The van der Waals surface area contributed by atoms with E-state index in [-0.39, 0.29) is 6.03 Å². The number of urea groups is 1. The van der Waals surface area contributed by atoms with E-state index in [1.165, 1.54) is 44.9 Å². The normalized spacial score (nSPS) is 29.3. The number of rotatable bonds is 3. The summed E-state index contributed by atoms with van der Waals surface area (Å²) in [6.07, 6.45) is 11.7. The van der Waals surface area contributed by atoms with Gasteiger partial charge >= 0.3 is 6.03 Å². The van der Waals surface area contributed by atoms with E-state index < -0.39 is 0 Å². The topological polar surface area (TPSA) is 32.3 Å². The second kappa shape index (κ2) is 7.16. The molecule has 0 radical (unpaired) electrons. The Morgan fingerprint density at radius 2 is 1.63 bits per heavy atom. The van der Waals surface area contributed by atoms with Crippen LogP contribution < -0.4 is 5.32 Å². The van der Waals surface area contributed by atoms with Crippen LogP contribution in [0.3, 0.4) is 0 Å². The summed E-state index contributed by atoms with van der Waals surface area (Å²) in [5.41, 5.74) is 0. The molecule has 110 valence electrons. The van der Waals surface area contributed by atoms with Crippen molar-refractivity contribution in [3.8, 4) is 0 Å². The van der Waals surface area contributed by atoms with Gasteiger partial charge in [-0.2, -0.15) is 0 Å². The number of piperidine rings is 1. The Morgan fingerprint density at radius 3 is 2.26 bits per heavy atom. The molecule has 1 aliphatic carbocycles. The van der Waals surface area contributed by atoms with Gasteiger partial charge in [0.05, 0.1) is 0 Å². The molecule has 0 spiro atoms. The van der Waals surface area contributed by atoms with Crippen molar-refractivity contribution in [2.75, 3.05) is 6.54 Å². The first-order valence-electron chi connectivity index (χ1n) is 8.24. The van der Waals surface area contributed by atoms with Crippen molar-refractivity contribution >= 4 is 6.03 Å². The average Bonchev–Trinajstić information content (AvgIpc) is 2.40. The van der Waals surface area contributed by atoms with Crippen LogP contribution in [0.5, 0.6) is 0 Å². The lowest BCUT2D eigenvalue weighted by Gasteiger charge is -2.39. The zero-order valence-corrected chi connectivity index (χ0v) is 12.7. The van der Waals surface area contributed by atoms with Crippen LogP contribution in [0.15, 0.2) is 0 Å². The Labute approximate surface area is 118 Å². The van der Waals surface area contributed by atoms with Crippen molar-refractivity contribution in [3.05, 3.63) is 0 Å². The van der Waals surface area contributed by atoms with E-state index in [9.17, 15) is 4.79 Å². The smallest absolute Gasteiger partial charge is 0.317 e.